The molecule has 3 aromatic rings. The third-order valence-corrected chi connectivity index (χ3v) is 6.13. The van der Waals surface area contributed by atoms with Crippen molar-refractivity contribution < 1.29 is 23.8 Å². The highest BCUT2D eigenvalue weighted by Crippen LogP contribution is 2.30. The predicted molar refractivity (Wildman–Crippen MR) is 123 cm³/mol. The number of carboxylic acid groups (broad SMARTS) is 1. The van der Waals surface area contributed by atoms with Gasteiger partial charge >= 0.3 is 5.97 Å². The van der Waals surface area contributed by atoms with E-state index in [4.69, 9.17) is 9.84 Å². The third-order valence-electron chi connectivity index (χ3n) is 6.13. The number of halogens is 1. The Kier molecular flexibility index (Phi) is 6.45. The number of rotatable bonds is 6. The number of amides is 1. The van der Waals surface area contributed by atoms with Gasteiger partial charge in [-0.1, -0.05) is 18.2 Å². The van der Waals surface area contributed by atoms with Crippen LogP contribution in [0, 0.1) is 19.7 Å². The molecule has 0 saturated carbocycles. The second-order valence-corrected chi connectivity index (χ2v) is 8.40. The quantitative estimate of drug-likeness (QED) is 0.546. The van der Waals surface area contributed by atoms with E-state index in [1.807, 2.05) is 38.1 Å². The zero-order chi connectivity index (χ0) is 23.5. The van der Waals surface area contributed by atoms with Gasteiger partial charge in [0.2, 0.25) is 0 Å². The second-order valence-electron chi connectivity index (χ2n) is 8.40. The van der Waals surface area contributed by atoms with Gasteiger partial charge in [0, 0.05) is 30.6 Å². The van der Waals surface area contributed by atoms with Crippen molar-refractivity contribution in [1.29, 1.82) is 0 Å². The Morgan fingerprint density at radius 2 is 1.88 bits per heavy atom. The molecule has 0 bridgehead atoms. The molecular weight excluding hydrogens is 421 g/mol. The molecule has 4 rings (SSSR count). The van der Waals surface area contributed by atoms with Gasteiger partial charge in [0.25, 0.3) is 5.91 Å². The van der Waals surface area contributed by atoms with E-state index < -0.39 is 5.97 Å². The van der Waals surface area contributed by atoms with Crippen molar-refractivity contribution in [1.82, 2.24) is 4.90 Å². The number of benzene rings is 3. The molecule has 0 atom stereocenters. The van der Waals surface area contributed by atoms with Crippen molar-refractivity contribution in [2.24, 2.45) is 0 Å². The Morgan fingerprint density at radius 1 is 1.06 bits per heavy atom. The molecule has 0 aliphatic carbocycles. The molecule has 3 aromatic carbocycles. The smallest absolute Gasteiger partial charge is 0.303 e. The number of fused-ring (bicyclic) bond motifs is 1. The average Bonchev–Trinajstić information content (AvgIpc) is 2.79. The first-order valence-electron chi connectivity index (χ1n) is 11.0. The summed E-state index contributed by atoms with van der Waals surface area (Å²) in [5, 5.41) is 8.90. The Labute approximate surface area is 192 Å². The fourth-order valence-electron chi connectivity index (χ4n) is 4.20. The molecule has 33 heavy (non-hydrogen) atoms. The van der Waals surface area contributed by atoms with E-state index in [-0.39, 0.29) is 18.1 Å². The van der Waals surface area contributed by atoms with Gasteiger partial charge in [0.05, 0.1) is 0 Å². The highest BCUT2D eigenvalue weighted by atomic mass is 19.1. The first-order valence-corrected chi connectivity index (χ1v) is 11.0. The second kappa shape index (κ2) is 9.45. The molecule has 5 nitrogen and oxygen atoms in total. The van der Waals surface area contributed by atoms with Crippen molar-refractivity contribution in [2.75, 3.05) is 6.54 Å². The molecule has 1 aliphatic rings. The number of carbonyl (C=O) groups is 2. The van der Waals surface area contributed by atoms with E-state index in [0.29, 0.717) is 43.0 Å². The number of hydrogen-bond acceptors (Lipinski definition) is 3. The highest BCUT2D eigenvalue weighted by Gasteiger charge is 2.24. The molecule has 1 aliphatic heterocycles. The average molecular weight is 448 g/mol. The first kappa shape index (κ1) is 22.5. The number of nitrogens with zero attached hydrogens (tertiary/aromatic N) is 1. The van der Waals surface area contributed by atoms with Crippen LogP contribution in [0.5, 0.6) is 11.5 Å². The molecule has 0 unspecified atom stereocenters. The maximum atomic E-state index is 13.5. The minimum atomic E-state index is -0.823. The van der Waals surface area contributed by atoms with Crippen molar-refractivity contribution in [2.45, 2.75) is 39.7 Å². The van der Waals surface area contributed by atoms with Crippen LogP contribution < -0.4 is 4.74 Å². The van der Waals surface area contributed by atoms with Crippen LogP contribution in [0.15, 0.2) is 54.6 Å². The van der Waals surface area contributed by atoms with Crippen molar-refractivity contribution in [3.8, 4) is 11.5 Å². The zero-order valence-corrected chi connectivity index (χ0v) is 18.7. The fraction of sp³-hybridized carbons (Fsp3) is 0.259. The van der Waals surface area contributed by atoms with E-state index in [1.165, 1.54) is 6.07 Å². The van der Waals surface area contributed by atoms with Crippen LogP contribution in [-0.4, -0.2) is 28.4 Å². The standard InChI is InChI=1S/C27H26FNO4/c1-17-14-23(10-7-19(17)8-11-26(30)31)33-25-5-3-4-24(18(25)2)27(32)29-13-12-20-15-22(28)9-6-21(20)16-29/h3-7,9-10,14-15H,8,11-13,16H2,1-2H3,(H,30,31). The monoisotopic (exact) mass is 447 g/mol. The summed E-state index contributed by atoms with van der Waals surface area (Å²) in [5.41, 5.74) is 5.18. The normalized spacial score (nSPS) is 12.9. The first-order chi connectivity index (χ1) is 15.8. The van der Waals surface area contributed by atoms with Gasteiger partial charge in [0.1, 0.15) is 17.3 Å². The molecule has 0 saturated heterocycles. The molecule has 0 fully saturated rings. The number of aryl methyl sites for hydroxylation is 2. The van der Waals surface area contributed by atoms with Gasteiger partial charge in [-0.3, -0.25) is 9.59 Å². The maximum absolute atomic E-state index is 13.5. The van der Waals surface area contributed by atoms with Crippen LogP contribution in [0.25, 0.3) is 0 Å². The van der Waals surface area contributed by atoms with Crippen molar-refractivity contribution >= 4 is 11.9 Å². The van der Waals surface area contributed by atoms with Crippen LogP contribution in [0.3, 0.4) is 0 Å². The lowest BCUT2D eigenvalue weighted by atomic mass is 9.98. The fourth-order valence-corrected chi connectivity index (χ4v) is 4.20. The number of hydrogen-bond donors (Lipinski definition) is 1. The van der Waals surface area contributed by atoms with E-state index in [0.717, 1.165) is 27.8 Å². The zero-order valence-electron chi connectivity index (χ0n) is 18.7. The summed E-state index contributed by atoms with van der Waals surface area (Å²) in [5.74, 6) is 0.0786. The lowest BCUT2D eigenvalue weighted by Gasteiger charge is -2.29. The number of aliphatic carboxylic acids is 1. The molecule has 170 valence electrons. The van der Waals surface area contributed by atoms with Crippen LogP contribution in [0.4, 0.5) is 4.39 Å². The van der Waals surface area contributed by atoms with E-state index in [2.05, 4.69) is 0 Å². The lowest BCUT2D eigenvalue weighted by Crippen LogP contribution is -2.36. The summed E-state index contributed by atoms with van der Waals surface area (Å²) in [6, 6.07) is 15.7. The summed E-state index contributed by atoms with van der Waals surface area (Å²) >= 11 is 0. The van der Waals surface area contributed by atoms with Gasteiger partial charge < -0.3 is 14.7 Å². The molecule has 0 radical (unpaired) electrons. The van der Waals surface area contributed by atoms with Gasteiger partial charge in [-0.2, -0.15) is 0 Å². The summed E-state index contributed by atoms with van der Waals surface area (Å²) < 4.78 is 19.6. The summed E-state index contributed by atoms with van der Waals surface area (Å²) in [7, 11) is 0. The Morgan fingerprint density at radius 3 is 2.64 bits per heavy atom. The van der Waals surface area contributed by atoms with E-state index >= 15 is 0 Å². The minimum Gasteiger partial charge on any atom is -0.481 e. The van der Waals surface area contributed by atoms with Gasteiger partial charge in [-0.05, 0) is 85.3 Å². The van der Waals surface area contributed by atoms with E-state index in [1.54, 1.807) is 29.2 Å². The number of carboxylic acids is 1. The van der Waals surface area contributed by atoms with Gasteiger partial charge in [-0.15, -0.1) is 0 Å². The number of ether oxygens (including phenoxy) is 1. The van der Waals surface area contributed by atoms with Crippen LogP contribution >= 0.6 is 0 Å². The Hall–Kier alpha value is -3.67. The van der Waals surface area contributed by atoms with Crippen molar-refractivity contribution in [3.63, 3.8) is 0 Å². The molecule has 1 heterocycles. The van der Waals surface area contributed by atoms with Gasteiger partial charge in [-0.25, -0.2) is 4.39 Å². The van der Waals surface area contributed by atoms with Gasteiger partial charge in [0.15, 0.2) is 0 Å². The molecule has 1 N–H and O–H groups in total. The maximum Gasteiger partial charge on any atom is 0.303 e. The largest absolute Gasteiger partial charge is 0.481 e. The summed E-state index contributed by atoms with van der Waals surface area (Å²) in [6.07, 6.45) is 1.18. The lowest BCUT2D eigenvalue weighted by molar-refractivity contribution is -0.136. The van der Waals surface area contributed by atoms with Crippen molar-refractivity contribution in [3.05, 3.63) is 93.8 Å². The SMILES string of the molecule is Cc1cc(Oc2cccc(C(=O)N3CCc4cc(F)ccc4C3)c2C)ccc1CCC(=O)O. The van der Waals surface area contributed by atoms with Crippen LogP contribution in [-0.2, 0) is 24.2 Å². The molecule has 0 spiro atoms. The van der Waals surface area contributed by atoms with E-state index in [9.17, 15) is 14.0 Å². The minimum absolute atomic E-state index is 0.0758. The summed E-state index contributed by atoms with van der Waals surface area (Å²) in [6.45, 7) is 4.79. The number of carbonyl (C=O) groups excluding carboxylic acids is 1. The third kappa shape index (κ3) is 5.06. The molecule has 1 amide bonds. The van der Waals surface area contributed by atoms with Crippen LogP contribution in [0.1, 0.15) is 44.6 Å². The Balaban J connectivity index is 1.51. The van der Waals surface area contributed by atoms with Crippen LogP contribution in [0.2, 0.25) is 0 Å². The Bertz CT molecular complexity index is 1220. The molecule has 6 heteroatoms. The molecular formula is C27H26FNO4. The topological polar surface area (TPSA) is 66.8 Å². The highest BCUT2D eigenvalue weighted by molar-refractivity contribution is 5.96. The predicted octanol–water partition coefficient (Wildman–Crippen LogP) is 5.45. The summed E-state index contributed by atoms with van der Waals surface area (Å²) in [4.78, 5) is 25.9. The molecule has 0 aromatic heterocycles.